The fraction of sp³-hybridized carbons (Fsp3) is 0.263. The second kappa shape index (κ2) is 7.84. The molecule has 3 rings (SSSR count). The van der Waals surface area contributed by atoms with Gasteiger partial charge in [-0.25, -0.2) is 4.39 Å². The van der Waals surface area contributed by atoms with E-state index in [1.165, 1.54) is 11.6 Å². The SMILES string of the molecule is CCc1noc(-c2ccc(CCNCc3cccc(F)c3)cc2)n1. The van der Waals surface area contributed by atoms with Gasteiger partial charge in [-0.3, -0.25) is 0 Å². The minimum absolute atomic E-state index is 0.197. The Morgan fingerprint density at radius 3 is 2.62 bits per heavy atom. The lowest BCUT2D eigenvalue weighted by Crippen LogP contribution is -2.16. The summed E-state index contributed by atoms with van der Waals surface area (Å²) in [6.45, 7) is 3.49. The molecule has 0 bridgehead atoms. The van der Waals surface area contributed by atoms with Gasteiger partial charge in [0.25, 0.3) is 5.89 Å². The number of aryl methyl sites for hydroxylation is 1. The highest BCUT2D eigenvalue weighted by Crippen LogP contribution is 2.18. The van der Waals surface area contributed by atoms with Gasteiger partial charge in [0, 0.05) is 18.5 Å². The zero-order chi connectivity index (χ0) is 16.8. The Labute approximate surface area is 140 Å². The van der Waals surface area contributed by atoms with E-state index in [4.69, 9.17) is 4.52 Å². The maximum atomic E-state index is 13.1. The van der Waals surface area contributed by atoms with Crippen LogP contribution in [0, 0.1) is 5.82 Å². The van der Waals surface area contributed by atoms with E-state index in [0.717, 1.165) is 36.3 Å². The van der Waals surface area contributed by atoms with Crippen molar-refractivity contribution in [3.8, 4) is 11.5 Å². The van der Waals surface area contributed by atoms with Crippen molar-refractivity contribution in [3.05, 3.63) is 71.3 Å². The third-order valence-electron chi connectivity index (χ3n) is 3.79. The van der Waals surface area contributed by atoms with E-state index < -0.39 is 0 Å². The molecule has 1 aromatic heterocycles. The van der Waals surface area contributed by atoms with Gasteiger partial charge in [-0.1, -0.05) is 36.3 Å². The van der Waals surface area contributed by atoms with Crippen LogP contribution in [0.1, 0.15) is 23.9 Å². The predicted molar refractivity (Wildman–Crippen MR) is 90.9 cm³/mol. The molecule has 0 saturated carbocycles. The summed E-state index contributed by atoms with van der Waals surface area (Å²) in [5.74, 6) is 1.08. The van der Waals surface area contributed by atoms with Crippen molar-refractivity contribution in [2.24, 2.45) is 0 Å². The highest BCUT2D eigenvalue weighted by Gasteiger charge is 2.07. The monoisotopic (exact) mass is 325 g/mol. The van der Waals surface area contributed by atoms with Gasteiger partial charge in [-0.2, -0.15) is 4.98 Å². The summed E-state index contributed by atoms with van der Waals surface area (Å²) in [5.41, 5.74) is 3.10. The largest absolute Gasteiger partial charge is 0.334 e. The number of hydrogen-bond acceptors (Lipinski definition) is 4. The summed E-state index contributed by atoms with van der Waals surface area (Å²) in [6.07, 6.45) is 1.66. The van der Waals surface area contributed by atoms with E-state index in [-0.39, 0.29) is 5.82 Å². The van der Waals surface area contributed by atoms with Crippen LogP contribution >= 0.6 is 0 Å². The summed E-state index contributed by atoms with van der Waals surface area (Å²) in [6, 6.07) is 14.8. The Morgan fingerprint density at radius 2 is 1.92 bits per heavy atom. The van der Waals surface area contributed by atoms with E-state index in [9.17, 15) is 4.39 Å². The molecule has 0 radical (unpaired) electrons. The van der Waals surface area contributed by atoms with Crippen LogP contribution in [-0.4, -0.2) is 16.7 Å². The third-order valence-corrected chi connectivity index (χ3v) is 3.79. The van der Waals surface area contributed by atoms with Crippen molar-refractivity contribution in [1.29, 1.82) is 0 Å². The standard InChI is InChI=1S/C19H20FN3O/c1-2-18-22-19(24-23-18)16-8-6-14(7-9-16)10-11-21-13-15-4-3-5-17(20)12-15/h3-9,12,21H,2,10-11,13H2,1H3. The Balaban J connectivity index is 1.49. The van der Waals surface area contributed by atoms with Crippen LogP contribution in [0.4, 0.5) is 4.39 Å². The zero-order valence-electron chi connectivity index (χ0n) is 13.6. The van der Waals surface area contributed by atoms with Gasteiger partial charge in [0.2, 0.25) is 0 Å². The molecule has 0 unspecified atom stereocenters. The smallest absolute Gasteiger partial charge is 0.257 e. The van der Waals surface area contributed by atoms with Crippen LogP contribution < -0.4 is 5.32 Å². The van der Waals surface area contributed by atoms with Crippen molar-refractivity contribution in [2.75, 3.05) is 6.54 Å². The lowest BCUT2D eigenvalue weighted by molar-refractivity contribution is 0.423. The maximum Gasteiger partial charge on any atom is 0.257 e. The van der Waals surface area contributed by atoms with Gasteiger partial charge in [0.1, 0.15) is 5.82 Å². The highest BCUT2D eigenvalue weighted by atomic mass is 19.1. The van der Waals surface area contributed by atoms with Gasteiger partial charge in [-0.05, 0) is 48.4 Å². The van der Waals surface area contributed by atoms with E-state index in [1.54, 1.807) is 12.1 Å². The van der Waals surface area contributed by atoms with E-state index in [1.807, 2.05) is 25.1 Å². The Bertz CT molecular complexity index is 783. The highest BCUT2D eigenvalue weighted by molar-refractivity contribution is 5.53. The fourth-order valence-corrected chi connectivity index (χ4v) is 2.44. The van der Waals surface area contributed by atoms with Crippen molar-refractivity contribution < 1.29 is 8.91 Å². The van der Waals surface area contributed by atoms with Crippen molar-refractivity contribution in [2.45, 2.75) is 26.3 Å². The molecule has 0 amide bonds. The summed E-state index contributed by atoms with van der Waals surface area (Å²) in [7, 11) is 0. The molecule has 124 valence electrons. The predicted octanol–water partition coefficient (Wildman–Crippen LogP) is 3.77. The van der Waals surface area contributed by atoms with Crippen LogP contribution in [0.15, 0.2) is 53.1 Å². The first-order chi connectivity index (χ1) is 11.7. The van der Waals surface area contributed by atoms with Gasteiger partial charge < -0.3 is 9.84 Å². The summed E-state index contributed by atoms with van der Waals surface area (Å²) >= 11 is 0. The molecule has 0 aliphatic rings. The summed E-state index contributed by atoms with van der Waals surface area (Å²) < 4.78 is 18.3. The van der Waals surface area contributed by atoms with Crippen LogP contribution in [0.5, 0.6) is 0 Å². The van der Waals surface area contributed by atoms with Crippen LogP contribution in [0.25, 0.3) is 11.5 Å². The molecular weight excluding hydrogens is 305 g/mol. The van der Waals surface area contributed by atoms with Gasteiger partial charge >= 0.3 is 0 Å². The first-order valence-corrected chi connectivity index (χ1v) is 8.11. The summed E-state index contributed by atoms with van der Waals surface area (Å²) in [5, 5.41) is 7.23. The minimum atomic E-state index is -0.197. The number of benzene rings is 2. The number of nitrogens with one attached hydrogen (secondary N) is 1. The number of aromatic nitrogens is 2. The first-order valence-electron chi connectivity index (χ1n) is 8.11. The van der Waals surface area contributed by atoms with Crippen LogP contribution in [-0.2, 0) is 19.4 Å². The molecule has 1 heterocycles. The van der Waals surface area contributed by atoms with Gasteiger partial charge in [0.05, 0.1) is 0 Å². The van der Waals surface area contributed by atoms with Crippen LogP contribution in [0.3, 0.4) is 0 Å². The lowest BCUT2D eigenvalue weighted by Gasteiger charge is -2.06. The fourth-order valence-electron chi connectivity index (χ4n) is 2.44. The molecule has 1 N–H and O–H groups in total. The Morgan fingerprint density at radius 1 is 1.08 bits per heavy atom. The number of nitrogens with zero attached hydrogens (tertiary/aromatic N) is 2. The molecule has 4 nitrogen and oxygen atoms in total. The average Bonchev–Trinajstić information content (AvgIpc) is 3.08. The van der Waals surface area contributed by atoms with Crippen molar-refractivity contribution in [1.82, 2.24) is 15.5 Å². The molecule has 0 atom stereocenters. The normalized spacial score (nSPS) is 10.9. The summed E-state index contributed by atoms with van der Waals surface area (Å²) in [4.78, 5) is 4.32. The molecule has 0 aliphatic carbocycles. The topological polar surface area (TPSA) is 51.0 Å². The molecule has 0 spiro atoms. The lowest BCUT2D eigenvalue weighted by atomic mass is 10.1. The van der Waals surface area contributed by atoms with Gasteiger partial charge in [-0.15, -0.1) is 0 Å². The molecule has 5 heteroatoms. The zero-order valence-corrected chi connectivity index (χ0v) is 13.6. The second-order valence-electron chi connectivity index (χ2n) is 5.62. The second-order valence-corrected chi connectivity index (χ2v) is 5.62. The molecule has 3 aromatic rings. The van der Waals surface area contributed by atoms with Gasteiger partial charge in [0.15, 0.2) is 5.82 Å². The average molecular weight is 325 g/mol. The quantitative estimate of drug-likeness (QED) is 0.672. The molecule has 24 heavy (non-hydrogen) atoms. The number of hydrogen-bond donors (Lipinski definition) is 1. The van der Waals surface area contributed by atoms with Crippen molar-refractivity contribution >= 4 is 0 Å². The van der Waals surface area contributed by atoms with E-state index in [0.29, 0.717) is 12.4 Å². The molecule has 0 fully saturated rings. The Kier molecular flexibility index (Phi) is 5.33. The third kappa shape index (κ3) is 4.26. The maximum absolute atomic E-state index is 13.1. The van der Waals surface area contributed by atoms with E-state index >= 15 is 0 Å². The number of halogens is 1. The first kappa shape index (κ1) is 16.3. The molecule has 2 aromatic carbocycles. The Hall–Kier alpha value is -2.53. The van der Waals surface area contributed by atoms with E-state index in [2.05, 4.69) is 27.6 Å². The number of rotatable bonds is 7. The van der Waals surface area contributed by atoms with Crippen LogP contribution in [0.2, 0.25) is 0 Å². The minimum Gasteiger partial charge on any atom is -0.334 e. The van der Waals surface area contributed by atoms with Crippen molar-refractivity contribution in [3.63, 3.8) is 0 Å². The molecular formula is C19H20FN3O. The molecule has 0 saturated heterocycles. The molecule has 0 aliphatic heterocycles.